The van der Waals surface area contributed by atoms with Gasteiger partial charge >= 0.3 is 11.7 Å². The van der Waals surface area contributed by atoms with Crippen LogP contribution in [0.15, 0.2) is 35.3 Å². The van der Waals surface area contributed by atoms with E-state index in [1.54, 1.807) is 24.3 Å². The Kier molecular flexibility index (Phi) is 6.99. The molecule has 12 heteroatoms. The molecule has 1 atom stereocenters. The number of hydrogen-bond acceptors (Lipinski definition) is 5. The standard InChI is InChI=1S/C22H26ClF3N4O3S/c1-15(2)34(32)29-10-8-28(9-11-29)18-13-27-30(17-5-3-4-16(23)12-17)20(31)19(18)33-14-21(6-7-21)22(24,25)26/h3-5,12-13,15H,6-11,14H2,1-2H3/p+1. The van der Waals surface area contributed by atoms with Crippen LogP contribution in [0.4, 0.5) is 18.9 Å². The second kappa shape index (κ2) is 9.50. The maximum Gasteiger partial charge on any atom is 0.397 e. The molecule has 0 N–H and O–H groups in total. The van der Waals surface area contributed by atoms with E-state index in [2.05, 4.69) is 5.10 Å². The third-order valence-electron chi connectivity index (χ3n) is 6.23. The average molecular weight is 520 g/mol. The Balaban J connectivity index is 1.65. The van der Waals surface area contributed by atoms with Crippen LogP contribution < -0.4 is 15.2 Å². The van der Waals surface area contributed by atoms with E-state index >= 15 is 0 Å². The number of aromatic nitrogens is 2. The molecule has 0 amide bonds. The lowest BCUT2D eigenvalue weighted by molar-refractivity contribution is -0.194. The van der Waals surface area contributed by atoms with Gasteiger partial charge in [0.2, 0.25) is 5.75 Å². The summed E-state index contributed by atoms with van der Waals surface area (Å²) in [6.07, 6.45) is -3.02. The summed E-state index contributed by atoms with van der Waals surface area (Å²) in [6.45, 7) is 5.04. The molecule has 2 aromatic rings. The second-order valence-corrected chi connectivity index (χ2v) is 11.6. The minimum atomic E-state index is -4.40. The number of thiol groups is 1. The maximum absolute atomic E-state index is 13.5. The lowest BCUT2D eigenvalue weighted by atomic mass is 10.1. The Labute approximate surface area is 203 Å². The van der Waals surface area contributed by atoms with Crippen LogP contribution >= 0.6 is 11.6 Å². The molecule has 1 saturated carbocycles. The monoisotopic (exact) mass is 519 g/mol. The lowest BCUT2D eigenvalue weighted by Gasteiger charge is -2.33. The van der Waals surface area contributed by atoms with Gasteiger partial charge in [-0.25, -0.2) is 0 Å². The summed E-state index contributed by atoms with van der Waals surface area (Å²) in [5.74, 6) is -0.174. The molecule has 1 unspecified atom stereocenters. The van der Waals surface area contributed by atoms with Crippen LogP contribution in [-0.4, -0.2) is 58.3 Å². The molecule has 2 heterocycles. The molecule has 1 aromatic carbocycles. The van der Waals surface area contributed by atoms with Gasteiger partial charge in [0.1, 0.15) is 33.9 Å². The number of piperazine rings is 1. The predicted molar refractivity (Wildman–Crippen MR) is 126 cm³/mol. The normalized spacial score (nSPS) is 19.3. The third kappa shape index (κ3) is 4.96. The first-order chi connectivity index (χ1) is 16.0. The summed E-state index contributed by atoms with van der Waals surface area (Å²) < 4.78 is 61.5. The van der Waals surface area contributed by atoms with Gasteiger partial charge in [-0.1, -0.05) is 21.9 Å². The van der Waals surface area contributed by atoms with E-state index in [9.17, 15) is 22.2 Å². The molecule has 2 fully saturated rings. The SMILES string of the molecule is CC(C)[SH+](=O)N1CCN(c2cnn(-c3cccc(Cl)c3)c(=O)c2OCC2(C(F)(F)F)CC2)CC1. The van der Waals surface area contributed by atoms with Crippen molar-refractivity contribution >= 4 is 28.3 Å². The fourth-order valence-corrected chi connectivity index (χ4v) is 5.32. The van der Waals surface area contributed by atoms with Crippen LogP contribution in [0, 0.1) is 5.41 Å². The van der Waals surface area contributed by atoms with E-state index in [1.807, 2.05) is 23.1 Å². The summed E-state index contributed by atoms with van der Waals surface area (Å²) >= 11 is 6.04. The van der Waals surface area contributed by atoms with E-state index in [0.29, 0.717) is 42.6 Å². The van der Waals surface area contributed by atoms with Gasteiger partial charge in [-0.3, -0.25) is 4.79 Å². The summed E-state index contributed by atoms with van der Waals surface area (Å²) in [7, 11) is -1.52. The number of alkyl halides is 3. The van der Waals surface area contributed by atoms with Crippen molar-refractivity contribution in [3.63, 3.8) is 0 Å². The summed E-state index contributed by atoms with van der Waals surface area (Å²) in [4.78, 5) is 15.2. The van der Waals surface area contributed by atoms with Crippen molar-refractivity contribution in [2.75, 3.05) is 37.7 Å². The van der Waals surface area contributed by atoms with Gasteiger partial charge in [0.05, 0.1) is 25.0 Å². The van der Waals surface area contributed by atoms with Crippen molar-refractivity contribution in [3.05, 3.63) is 45.8 Å². The highest BCUT2D eigenvalue weighted by atomic mass is 35.5. The fourth-order valence-electron chi connectivity index (χ4n) is 3.91. The molecule has 1 aliphatic heterocycles. The lowest BCUT2D eigenvalue weighted by Crippen LogP contribution is -2.48. The van der Waals surface area contributed by atoms with Crippen LogP contribution in [-0.2, 0) is 15.2 Å². The third-order valence-corrected chi connectivity index (χ3v) is 8.31. The topological polar surface area (TPSA) is 67.7 Å². The van der Waals surface area contributed by atoms with Crippen molar-refractivity contribution in [2.45, 2.75) is 38.1 Å². The zero-order valence-corrected chi connectivity index (χ0v) is 20.5. The first kappa shape index (κ1) is 25.0. The van der Waals surface area contributed by atoms with E-state index in [1.165, 1.54) is 6.20 Å². The molecule has 1 saturated heterocycles. The molecule has 34 heavy (non-hydrogen) atoms. The number of benzene rings is 1. The number of hydrogen-bond donors (Lipinski definition) is 0. The second-order valence-electron chi connectivity index (χ2n) is 8.96. The summed E-state index contributed by atoms with van der Waals surface area (Å²) in [5.41, 5.74) is -1.87. The van der Waals surface area contributed by atoms with Crippen molar-refractivity contribution in [1.29, 1.82) is 0 Å². The molecule has 0 radical (unpaired) electrons. The van der Waals surface area contributed by atoms with Crippen molar-refractivity contribution in [2.24, 2.45) is 5.41 Å². The molecule has 2 aliphatic rings. The molecule has 0 bridgehead atoms. The molecular formula is C22H27ClF3N4O3S+. The minimum absolute atomic E-state index is 0.0147. The number of ether oxygens (including phenoxy) is 1. The van der Waals surface area contributed by atoms with Crippen molar-refractivity contribution < 1.29 is 22.1 Å². The zero-order valence-electron chi connectivity index (χ0n) is 18.9. The van der Waals surface area contributed by atoms with Crippen LogP contribution in [0.5, 0.6) is 5.75 Å². The molecule has 4 rings (SSSR count). The Morgan fingerprint density at radius 1 is 1.21 bits per heavy atom. The van der Waals surface area contributed by atoms with E-state index in [-0.39, 0.29) is 23.8 Å². The van der Waals surface area contributed by atoms with Crippen LogP contribution in [0.2, 0.25) is 5.02 Å². The average Bonchev–Trinajstić information content (AvgIpc) is 3.59. The smallest absolute Gasteiger partial charge is 0.397 e. The Bertz CT molecular complexity index is 1130. The van der Waals surface area contributed by atoms with Gasteiger partial charge in [0.25, 0.3) is 0 Å². The van der Waals surface area contributed by atoms with Crippen LogP contribution in [0.1, 0.15) is 26.7 Å². The molecule has 0 spiro atoms. The first-order valence-electron chi connectivity index (χ1n) is 11.1. The molecule has 186 valence electrons. The van der Waals surface area contributed by atoms with Crippen molar-refractivity contribution in [3.8, 4) is 11.4 Å². The van der Waals surface area contributed by atoms with Gasteiger partial charge in [0.15, 0.2) is 0 Å². The van der Waals surface area contributed by atoms with Gasteiger partial charge in [-0.2, -0.15) is 23.0 Å². The zero-order chi connectivity index (χ0) is 24.7. The van der Waals surface area contributed by atoms with E-state index < -0.39 is 34.7 Å². The van der Waals surface area contributed by atoms with Gasteiger partial charge in [0, 0.05) is 18.1 Å². The predicted octanol–water partition coefficient (Wildman–Crippen LogP) is 3.75. The first-order valence-corrected chi connectivity index (χ1v) is 12.7. The quantitative estimate of drug-likeness (QED) is 0.412. The van der Waals surface area contributed by atoms with Gasteiger partial charge < -0.3 is 9.64 Å². The number of anilines is 1. The highest BCUT2D eigenvalue weighted by molar-refractivity contribution is 7.83. The van der Waals surface area contributed by atoms with Gasteiger partial charge in [-0.15, -0.1) is 4.31 Å². The Hall–Kier alpha value is -2.11. The highest BCUT2D eigenvalue weighted by Crippen LogP contribution is 2.57. The Morgan fingerprint density at radius 2 is 1.88 bits per heavy atom. The van der Waals surface area contributed by atoms with Crippen LogP contribution in [0.25, 0.3) is 5.69 Å². The maximum atomic E-state index is 13.5. The molecule has 1 aliphatic carbocycles. The minimum Gasteiger partial charge on any atom is -0.485 e. The van der Waals surface area contributed by atoms with E-state index in [0.717, 1.165) is 4.68 Å². The summed E-state index contributed by atoms with van der Waals surface area (Å²) in [6, 6.07) is 6.46. The number of halogens is 4. The molecular weight excluding hydrogens is 493 g/mol. The fraction of sp³-hybridized carbons (Fsp3) is 0.545. The van der Waals surface area contributed by atoms with Crippen LogP contribution in [0.3, 0.4) is 0 Å². The number of nitrogens with zero attached hydrogens (tertiary/aromatic N) is 4. The largest absolute Gasteiger partial charge is 0.485 e. The summed E-state index contributed by atoms with van der Waals surface area (Å²) in [5, 5.41) is 4.65. The van der Waals surface area contributed by atoms with Crippen molar-refractivity contribution in [1.82, 2.24) is 14.1 Å². The molecule has 7 nitrogen and oxygen atoms in total. The highest BCUT2D eigenvalue weighted by Gasteiger charge is 2.64. The Morgan fingerprint density at radius 3 is 2.44 bits per heavy atom. The van der Waals surface area contributed by atoms with Gasteiger partial charge in [-0.05, 0) is 44.9 Å². The molecule has 1 aromatic heterocycles. The van der Waals surface area contributed by atoms with E-state index in [4.69, 9.17) is 16.3 Å². The number of rotatable bonds is 7.